The molecule has 1 atom stereocenters. The Kier molecular flexibility index (Phi) is 3.31. The molecule has 13 heavy (non-hydrogen) atoms. The molecule has 1 aliphatic rings. The van der Waals surface area contributed by atoms with Gasteiger partial charge in [0.15, 0.2) is 0 Å². The molecule has 0 aromatic rings. The van der Waals surface area contributed by atoms with Crippen LogP contribution in [-0.4, -0.2) is 18.5 Å². The SMILES string of the molecule is CCC(N)CC(=O)NCC1(C)CC1. The molecule has 1 fully saturated rings. The molecule has 76 valence electrons. The summed E-state index contributed by atoms with van der Waals surface area (Å²) in [4.78, 5) is 11.3. The molecular weight excluding hydrogens is 164 g/mol. The van der Waals surface area contributed by atoms with Gasteiger partial charge in [-0.3, -0.25) is 4.79 Å². The third kappa shape index (κ3) is 3.77. The van der Waals surface area contributed by atoms with E-state index in [9.17, 15) is 4.79 Å². The van der Waals surface area contributed by atoms with Crippen molar-refractivity contribution in [2.75, 3.05) is 6.54 Å². The van der Waals surface area contributed by atoms with E-state index in [1.54, 1.807) is 0 Å². The van der Waals surface area contributed by atoms with Crippen LogP contribution >= 0.6 is 0 Å². The summed E-state index contributed by atoms with van der Waals surface area (Å²) in [6, 6.07) is 0.0204. The van der Waals surface area contributed by atoms with E-state index < -0.39 is 0 Å². The lowest BCUT2D eigenvalue weighted by Crippen LogP contribution is -2.34. The Morgan fingerprint density at radius 2 is 2.23 bits per heavy atom. The van der Waals surface area contributed by atoms with Gasteiger partial charge in [0, 0.05) is 19.0 Å². The van der Waals surface area contributed by atoms with Crippen molar-refractivity contribution in [3.8, 4) is 0 Å². The first kappa shape index (κ1) is 10.5. The van der Waals surface area contributed by atoms with Crippen LogP contribution in [0.15, 0.2) is 0 Å². The van der Waals surface area contributed by atoms with E-state index >= 15 is 0 Å². The van der Waals surface area contributed by atoms with E-state index in [4.69, 9.17) is 5.73 Å². The summed E-state index contributed by atoms with van der Waals surface area (Å²) in [6.07, 6.45) is 3.82. The van der Waals surface area contributed by atoms with Gasteiger partial charge in [0.05, 0.1) is 0 Å². The van der Waals surface area contributed by atoms with Gasteiger partial charge in [0.25, 0.3) is 0 Å². The van der Waals surface area contributed by atoms with Gasteiger partial charge in [-0.1, -0.05) is 13.8 Å². The van der Waals surface area contributed by atoms with Crippen LogP contribution in [0.3, 0.4) is 0 Å². The molecular formula is C10H20N2O. The zero-order valence-electron chi connectivity index (χ0n) is 8.60. The molecule has 1 amide bonds. The molecule has 1 rings (SSSR count). The Hall–Kier alpha value is -0.570. The van der Waals surface area contributed by atoms with Crippen molar-refractivity contribution < 1.29 is 4.79 Å². The fourth-order valence-electron chi connectivity index (χ4n) is 1.16. The van der Waals surface area contributed by atoms with Crippen LogP contribution < -0.4 is 11.1 Å². The number of hydrogen-bond donors (Lipinski definition) is 2. The fraction of sp³-hybridized carbons (Fsp3) is 0.900. The summed E-state index contributed by atoms with van der Waals surface area (Å²) in [5.41, 5.74) is 6.06. The van der Waals surface area contributed by atoms with Crippen LogP contribution in [-0.2, 0) is 4.79 Å². The number of amides is 1. The van der Waals surface area contributed by atoms with Crippen molar-refractivity contribution in [2.24, 2.45) is 11.1 Å². The standard InChI is InChI=1S/C10H20N2O/c1-3-8(11)6-9(13)12-7-10(2)4-5-10/h8H,3-7,11H2,1-2H3,(H,12,13). The number of carbonyl (C=O) groups excluding carboxylic acids is 1. The lowest BCUT2D eigenvalue weighted by atomic mass is 10.1. The normalized spacial score (nSPS) is 20.8. The van der Waals surface area contributed by atoms with Crippen molar-refractivity contribution in [1.82, 2.24) is 5.32 Å². The molecule has 0 saturated heterocycles. The Balaban J connectivity index is 2.10. The van der Waals surface area contributed by atoms with Gasteiger partial charge in [-0.2, -0.15) is 0 Å². The summed E-state index contributed by atoms with van der Waals surface area (Å²) in [7, 11) is 0. The molecule has 0 aromatic carbocycles. The van der Waals surface area contributed by atoms with Gasteiger partial charge in [-0.25, -0.2) is 0 Å². The van der Waals surface area contributed by atoms with E-state index in [-0.39, 0.29) is 11.9 Å². The average Bonchev–Trinajstić information content (AvgIpc) is 2.81. The van der Waals surface area contributed by atoms with E-state index in [0.717, 1.165) is 13.0 Å². The van der Waals surface area contributed by atoms with Gasteiger partial charge in [-0.05, 0) is 24.7 Å². The second-order valence-corrected chi connectivity index (χ2v) is 4.46. The molecule has 1 saturated carbocycles. The lowest BCUT2D eigenvalue weighted by Gasteiger charge is -2.12. The van der Waals surface area contributed by atoms with Gasteiger partial charge >= 0.3 is 0 Å². The summed E-state index contributed by atoms with van der Waals surface area (Å²) < 4.78 is 0. The number of nitrogens with two attached hydrogens (primary N) is 1. The highest BCUT2D eigenvalue weighted by atomic mass is 16.1. The van der Waals surface area contributed by atoms with Crippen molar-refractivity contribution in [1.29, 1.82) is 0 Å². The molecule has 0 aliphatic heterocycles. The summed E-state index contributed by atoms with van der Waals surface area (Å²) >= 11 is 0. The summed E-state index contributed by atoms with van der Waals surface area (Å²) in [5, 5.41) is 2.93. The van der Waals surface area contributed by atoms with Crippen LogP contribution in [0.1, 0.15) is 39.5 Å². The predicted octanol–water partition coefficient (Wildman–Crippen LogP) is 1.03. The number of hydrogen-bond acceptors (Lipinski definition) is 2. The molecule has 1 aliphatic carbocycles. The van der Waals surface area contributed by atoms with Crippen LogP contribution in [0.2, 0.25) is 0 Å². The zero-order chi connectivity index (χ0) is 9.90. The first-order valence-corrected chi connectivity index (χ1v) is 5.08. The van der Waals surface area contributed by atoms with E-state index in [1.807, 2.05) is 6.92 Å². The molecule has 0 bridgehead atoms. The van der Waals surface area contributed by atoms with Crippen LogP contribution in [0.25, 0.3) is 0 Å². The Morgan fingerprint density at radius 3 is 2.69 bits per heavy atom. The average molecular weight is 184 g/mol. The molecule has 1 unspecified atom stereocenters. The van der Waals surface area contributed by atoms with Crippen LogP contribution in [0.5, 0.6) is 0 Å². The summed E-state index contributed by atoms with van der Waals surface area (Å²) in [6.45, 7) is 5.02. The van der Waals surface area contributed by atoms with Gasteiger partial charge in [-0.15, -0.1) is 0 Å². The number of nitrogens with one attached hydrogen (secondary N) is 1. The second-order valence-electron chi connectivity index (χ2n) is 4.46. The largest absolute Gasteiger partial charge is 0.356 e. The minimum Gasteiger partial charge on any atom is -0.356 e. The zero-order valence-corrected chi connectivity index (χ0v) is 8.60. The quantitative estimate of drug-likeness (QED) is 0.670. The van der Waals surface area contributed by atoms with Gasteiger partial charge in [0.1, 0.15) is 0 Å². The highest BCUT2D eigenvalue weighted by Crippen LogP contribution is 2.43. The minimum atomic E-state index is 0.0204. The maximum atomic E-state index is 11.3. The van der Waals surface area contributed by atoms with Crippen molar-refractivity contribution in [2.45, 2.75) is 45.6 Å². The molecule has 3 heteroatoms. The maximum absolute atomic E-state index is 11.3. The molecule has 0 heterocycles. The van der Waals surface area contributed by atoms with E-state index in [2.05, 4.69) is 12.2 Å². The Bertz CT molecular complexity index is 187. The summed E-state index contributed by atoms with van der Waals surface area (Å²) in [5.74, 6) is 0.0995. The van der Waals surface area contributed by atoms with Crippen LogP contribution in [0, 0.1) is 5.41 Å². The third-order valence-electron chi connectivity index (χ3n) is 2.79. The van der Waals surface area contributed by atoms with Gasteiger partial charge < -0.3 is 11.1 Å². The van der Waals surface area contributed by atoms with E-state index in [0.29, 0.717) is 11.8 Å². The predicted molar refractivity (Wildman–Crippen MR) is 53.2 cm³/mol. The first-order chi connectivity index (χ1) is 6.06. The smallest absolute Gasteiger partial charge is 0.221 e. The second kappa shape index (κ2) is 4.09. The highest BCUT2D eigenvalue weighted by molar-refractivity contribution is 5.76. The van der Waals surface area contributed by atoms with Crippen molar-refractivity contribution >= 4 is 5.91 Å². The maximum Gasteiger partial charge on any atom is 0.221 e. The van der Waals surface area contributed by atoms with Gasteiger partial charge in [0.2, 0.25) is 5.91 Å². The number of rotatable bonds is 5. The Labute approximate surface area is 80.1 Å². The molecule has 0 radical (unpaired) electrons. The third-order valence-corrected chi connectivity index (χ3v) is 2.79. The molecule has 0 spiro atoms. The lowest BCUT2D eigenvalue weighted by molar-refractivity contribution is -0.121. The monoisotopic (exact) mass is 184 g/mol. The fourth-order valence-corrected chi connectivity index (χ4v) is 1.16. The van der Waals surface area contributed by atoms with Crippen molar-refractivity contribution in [3.05, 3.63) is 0 Å². The van der Waals surface area contributed by atoms with Crippen molar-refractivity contribution in [3.63, 3.8) is 0 Å². The number of carbonyl (C=O) groups is 1. The molecule has 3 N–H and O–H groups in total. The van der Waals surface area contributed by atoms with E-state index in [1.165, 1.54) is 12.8 Å². The Morgan fingerprint density at radius 1 is 1.62 bits per heavy atom. The topological polar surface area (TPSA) is 55.1 Å². The van der Waals surface area contributed by atoms with Crippen LogP contribution in [0.4, 0.5) is 0 Å². The minimum absolute atomic E-state index is 0.0204. The first-order valence-electron chi connectivity index (χ1n) is 5.08. The molecule has 0 aromatic heterocycles. The highest BCUT2D eigenvalue weighted by Gasteiger charge is 2.37. The molecule has 3 nitrogen and oxygen atoms in total.